The Hall–Kier alpha value is 0.166. The first-order chi connectivity index (χ1) is 5.93. The standard InChI is InChI=1S/C11H13O.BrH.Mg/c1-2-3-9-12-10-11-7-5-4-6-8-11;;/h2,5-8H,1,3,9-10H2;1H;/q-1;;+2/p-1. The summed E-state index contributed by atoms with van der Waals surface area (Å²) < 4.78 is 5.37. The van der Waals surface area contributed by atoms with Crippen LogP contribution in [0.25, 0.3) is 0 Å². The van der Waals surface area contributed by atoms with Crippen LogP contribution >= 0.6 is 0 Å². The summed E-state index contributed by atoms with van der Waals surface area (Å²) >= 11 is 0. The van der Waals surface area contributed by atoms with Crippen molar-refractivity contribution in [3.8, 4) is 0 Å². The van der Waals surface area contributed by atoms with Gasteiger partial charge in [0.1, 0.15) is 0 Å². The van der Waals surface area contributed by atoms with Crippen LogP contribution in [0.15, 0.2) is 36.9 Å². The fraction of sp³-hybridized carbons (Fsp3) is 0.273. The first-order valence-electron chi connectivity index (χ1n) is 4.07. The summed E-state index contributed by atoms with van der Waals surface area (Å²) in [5.41, 5.74) is 1.19. The molecule has 0 amide bonds. The molecule has 0 spiro atoms. The second-order valence-electron chi connectivity index (χ2n) is 2.54. The van der Waals surface area contributed by atoms with Crippen LogP contribution in [0.2, 0.25) is 0 Å². The van der Waals surface area contributed by atoms with Gasteiger partial charge in [0.2, 0.25) is 0 Å². The Bertz CT molecular complexity index is 226. The maximum absolute atomic E-state index is 5.37. The molecule has 0 aliphatic heterocycles. The molecule has 1 nitrogen and oxygen atoms in total. The molecular formula is C11H13BrMgO. The van der Waals surface area contributed by atoms with Crippen LogP contribution in [-0.2, 0) is 11.3 Å². The second-order valence-corrected chi connectivity index (χ2v) is 2.54. The molecule has 0 aromatic heterocycles. The van der Waals surface area contributed by atoms with E-state index in [1.54, 1.807) is 0 Å². The summed E-state index contributed by atoms with van der Waals surface area (Å²) in [6, 6.07) is 10.8. The normalized spacial score (nSPS) is 8.29. The minimum absolute atomic E-state index is 0. The Balaban J connectivity index is 0. The van der Waals surface area contributed by atoms with Crippen LogP contribution in [0.1, 0.15) is 12.0 Å². The van der Waals surface area contributed by atoms with Gasteiger partial charge < -0.3 is 21.7 Å². The summed E-state index contributed by atoms with van der Waals surface area (Å²) in [7, 11) is 0. The van der Waals surface area contributed by atoms with E-state index in [1.807, 2.05) is 30.3 Å². The predicted molar refractivity (Wildman–Crippen MR) is 55.5 cm³/mol. The van der Waals surface area contributed by atoms with E-state index in [9.17, 15) is 0 Å². The van der Waals surface area contributed by atoms with Crippen molar-refractivity contribution in [2.45, 2.75) is 13.0 Å². The van der Waals surface area contributed by atoms with E-state index in [2.05, 4.69) is 12.6 Å². The van der Waals surface area contributed by atoms with E-state index >= 15 is 0 Å². The Morgan fingerprint density at radius 2 is 2.00 bits per heavy atom. The first-order valence-corrected chi connectivity index (χ1v) is 4.07. The smallest absolute Gasteiger partial charge is 1.00 e. The number of benzene rings is 1. The number of halogens is 1. The number of ether oxygens (including phenoxy) is 1. The zero-order valence-corrected chi connectivity index (χ0v) is 11.2. The quantitative estimate of drug-likeness (QED) is 0.293. The molecule has 72 valence electrons. The van der Waals surface area contributed by atoms with Gasteiger partial charge in [0.05, 0.1) is 6.61 Å². The van der Waals surface area contributed by atoms with Crippen molar-refractivity contribution >= 4 is 23.1 Å². The second kappa shape index (κ2) is 11.2. The average Bonchev–Trinajstić information content (AvgIpc) is 2.14. The average molecular weight is 265 g/mol. The molecule has 0 radical (unpaired) electrons. The zero-order valence-electron chi connectivity index (χ0n) is 8.21. The summed E-state index contributed by atoms with van der Waals surface area (Å²) in [6.07, 6.45) is 2.78. The Kier molecular flexibility index (Phi) is 13.3. The molecule has 1 rings (SSSR count). The molecule has 0 saturated carbocycles. The maximum Gasteiger partial charge on any atom is 2.00 e. The van der Waals surface area contributed by atoms with Crippen molar-refractivity contribution in [3.63, 3.8) is 0 Å². The SMILES string of the molecule is C=CCCOCc1cc[c-]cc1.[Br-].[Mg+2]. The maximum atomic E-state index is 5.37. The third-order valence-corrected chi connectivity index (χ3v) is 1.52. The van der Waals surface area contributed by atoms with Crippen molar-refractivity contribution in [3.05, 3.63) is 48.6 Å². The molecule has 0 unspecified atom stereocenters. The summed E-state index contributed by atoms with van der Waals surface area (Å²) in [6.45, 7) is 5.06. The van der Waals surface area contributed by atoms with Crippen LogP contribution in [0, 0.1) is 6.07 Å². The van der Waals surface area contributed by atoms with Crippen molar-refractivity contribution in [1.29, 1.82) is 0 Å². The van der Waals surface area contributed by atoms with E-state index in [-0.39, 0.29) is 40.0 Å². The fourth-order valence-corrected chi connectivity index (χ4v) is 0.874. The Labute approximate surface area is 112 Å². The van der Waals surface area contributed by atoms with Gasteiger partial charge >= 0.3 is 23.1 Å². The molecule has 0 heterocycles. The van der Waals surface area contributed by atoms with Crippen LogP contribution in [0.3, 0.4) is 0 Å². The van der Waals surface area contributed by atoms with Crippen molar-refractivity contribution in [2.75, 3.05) is 6.61 Å². The van der Waals surface area contributed by atoms with Gasteiger partial charge in [-0.05, 0) is 6.42 Å². The van der Waals surface area contributed by atoms with Crippen LogP contribution in [0.5, 0.6) is 0 Å². The van der Waals surface area contributed by atoms with E-state index in [0.29, 0.717) is 6.61 Å². The van der Waals surface area contributed by atoms with Gasteiger partial charge in [-0.15, -0.1) is 12.1 Å². The van der Waals surface area contributed by atoms with Gasteiger partial charge in [0.15, 0.2) is 0 Å². The molecule has 0 N–H and O–H groups in total. The minimum atomic E-state index is 0. The summed E-state index contributed by atoms with van der Waals surface area (Å²) in [5.74, 6) is 0. The zero-order chi connectivity index (χ0) is 8.65. The number of hydrogen-bond donors (Lipinski definition) is 0. The topological polar surface area (TPSA) is 9.23 Å². The molecule has 0 bridgehead atoms. The van der Waals surface area contributed by atoms with Gasteiger partial charge in [-0.25, -0.2) is 0 Å². The molecule has 0 aliphatic rings. The molecule has 14 heavy (non-hydrogen) atoms. The van der Waals surface area contributed by atoms with E-state index in [0.717, 1.165) is 13.0 Å². The van der Waals surface area contributed by atoms with E-state index in [4.69, 9.17) is 4.74 Å². The van der Waals surface area contributed by atoms with Crippen LogP contribution < -0.4 is 17.0 Å². The van der Waals surface area contributed by atoms with Crippen LogP contribution in [-0.4, -0.2) is 29.7 Å². The van der Waals surface area contributed by atoms with Crippen LogP contribution in [0.4, 0.5) is 0 Å². The molecule has 1 aromatic rings. The fourth-order valence-electron chi connectivity index (χ4n) is 0.874. The third-order valence-electron chi connectivity index (χ3n) is 1.52. The Morgan fingerprint density at radius 1 is 1.36 bits per heavy atom. The molecule has 1 aromatic carbocycles. The van der Waals surface area contributed by atoms with Gasteiger partial charge in [0, 0.05) is 6.61 Å². The van der Waals surface area contributed by atoms with Gasteiger partial charge in [-0.1, -0.05) is 6.08 Å². The first kappa shape index (κ1) is 16.6. The van der Waals surface area contributed by atoms with Crippen molar-refractivity contribution < 1.29 is 21.7 Å². The molecule has 0 fully saturated rings. The number of hydrogen-bond acceptors (Lipinski definition) is 1. The molecular weight excluding hydrogens is 252 g/mol. The van der Waals surface area contributed by atoms with Crippen molar-refractivity contribution in [1.82, 2.24) is 0 Å². The predicted octanol–water partition coefficient (Wildman–Crippen LogP) is -0.797. The molecule has 0 atom stereocenters. The number of rotatable bonds is 5. The van der Waals surface area contributed by atoms with E-state index in [1.165, 1.54) is 5.56 Å². The largest absolute Gasteiger partial charge is 2.00 e. The molecule has 0 saturated heterocycles. The monoisotopic (exact) mass is 264 g/mol. The summed E-state index contributed by atoms with van der Waals surface area (Å²) in [4.78, 5) is 0. The summed E-state index contributed by atoms with van der Waals surface area (Å²) in [5, 5.41) is 0. The minimum Gasteiger partial charge on any atom is -1.00 e. The van der Waals surface area contributed by atoms with Gasteiger partial charge in [-0.2, -0.15) is 30.3 Å². The van der Waals surface area contributed by atoms with E-state index < -0.39 is 0 Å². The third kappa shape index (κ3) is 7.56. The van der Waals surface area contributed by atoms with Gasteiger partial charge in [0.25, 0.3) is 0 Å². The molecule has 3 heteroatoms. The Morgan fingerprint density at radius 3 is 2.57 bits per heavy atom. The van der Waals surface area contributed by atoms with Gasteiger partial charge in [-0.3, -0.25) is 0 Å². The molecule has 0 aliphatic carbocycles. The van der Waals surface area contributed by atoms with Crippen molar-refractivity contribution in [2.24, 2.45) is 0 Å².